The number of hydrogen-bond donors (Lipinski definition) is 1. The molecule has 2 atom stereocenters. The van der Waals surface area contributed by atoms with E-state index in [1.54, 1.807) is 6.92 Å². The van der Waals surface area contributed by atoms with Crippen LogP contribution in [-0.4, -0.2) is 24.8 Å². The first-order chi connectivity index (χ1) is 9.61. The summed E-state index contributed by atoms with van der Waals surface area (Å²) in [6, 6.07) is 3.82. The Morgan fingerprint density at radius 1 is 1.29 bits per heavy atom. The highest BCUT2D eigenvalue weighted by molar-refractivity contribution is 5.81. The van der Waals surface area contributed by atoms with Gasteiger partial charge in [0.05, 0.1) is 0 Å². The van der Waals surface area contributed by atoms with Gasteiger partial charge in [0.25, 0.3) is 0 Å². The Morgan fingerprint density at radius 2 is 1.81 bits per heavy atom. The molecule has 0 bridgehead atoms. The van der Waals surface area contributed by atoms with Crippen LogP contribution in [0.15, 0.2) is 24.3 Å². The fourth-order valence-corrected chi connectivity index (χ4v) is 1.76. The van der Waals surface area contributed by atoms with Crippen molar-refractivity contribution in [1.29, 1.82) is 0 Å². The van der Waals surface area contributed by atoms with Gasteiger partial charge < -0.3 is 10.1 Å². The van der Waals surface area contributed by atoms with Crippen molar-refractivity contribution < 1.29 is 27.1 Å². The zero-order valence-corrected chi connectivity index (χ0v) is 11.9. The smallest absolute Gasteiger partial charge is 0.369 e. The largest absolute Gasteiger partial charge is 0.415 e. The van der Waals surface area contributed by atoms with Crippen molar-refractivity contribution in [1.82, 2.24) is 5.32 Å². The monoisotopic (exact) mass is 307 g/mol. The zero-order chi connectivity index (χ0) is 16.3. The molecule has 7 heteroatoms. The van der Waals surface area contributed by atoms with E-state index in [4.69, 9.17) is 4.74 Å². The maximum Gasteiger partial charge on any atom is 0.415 e. The lowest BCUT2D eigenvalue weighted by molar-refractivity contribution is -0.199. The number of amides is 1. The summed E-state index contributed by atoms with van der Waals surface area (Å²) in [5.74, 6) is -1.54. The van der Waals surface area contributed by atoms with Crippen LogP contribution < -0.4 is 5.32 Å². The van der Waals surface area contributed by atoms with Crippen molar-refractivity contribution in [3.8, 4) is 0 Å². The van der Waals surface area contributed by atoms with Gasteiger partial charge in [0.1, 0.15) is 11.9 Å². The molecule has 118 valence electrons. The average molecular weight is 307 g/mol. The summed E-state index contributed by atoms with van der Waals surface area (Å²) >= 11 is 0. The molecule has 0 aliphatic heterocycles. The fraction of sp³-hybridized carbons (Fsp3) is 0.500. The molecule has 21 heavy (non-hydrogen) atoms. The molecule has 0 aliphatic rings. The lowest BCUT2D eigenvalue weighted by Gasteiger charge is -2.34. The Labute approximate surface area is 120 Å². The second kappa shape index (κ2) is 6.43. The molecule has 0 unspecified atom stereocenters. The Bertz CT molecular complexity index is 487. The molecule has 1 aromatic carbocycles. The number of alkyl halides is 3. The van der Waals surface area contributed by atoms with Crippen LogP contribution in [0.3, 0.4) is 0 Å². The molecule has 0 fully saturated rings. The van der Waals surface area contributed by atoms with Gasteiger partial charge >= 0.3 is 6.18 Å². The van der Waals surface area contributed by atoms with E-state index in [0.29, 0.717) is 0 Å². The average Bonchev–Trinajstić information content (AvgIpc) is 2.38. The van der Waals surface area contributed by atoms with E-state index >= 15 is 0 Å². The third-order valence-electron chi connectivity index (χ3n) is 3.15. The first kappa shape index (κ1) is 17.4. The highest BCUT2D eigenvalue weighted by Crippen LogP contribution is 2.38. The summed E-state index contributed by atoms with van der Waals surface area (Å²) in [5, 5.41) is 1.94. The van der Waals surface area contributed by atoms with Gasteiger partial charge in [-0.25, -0.2) is 4.39 Å². The highest BCUT2D eigenvalue weighted by atomic mass is 19.4. The van der Waals surface area contributed by atoms with Gasteiger partial charge in [0, 0.05) is 6.61 Å². The first-order valence-electron chi connectivity index (χ1n) is 6.38. The quantitative estimate of drug-likeness (QED) is 0.849. The molecule has 1 N–H and O–H groups in total. The number of hydrogen-bond acceptors (Lipinski definition) is 2. The van der Waals surface area contributed by atoms with Crippen molar-refractivity contribution in [2.24, 2.45) is 0 Å². The normalized spacial score (nSPS) is 16.1. The van der Waals surface area contributed by atoms with Crippen LogP contribution in [0.1, 0.15) is 26.3 Å². The van der Waals surface area contributed by atoms with Crippen LogP contribution in [0.4, 0.5) is 17.6 Å². The van der Waals surface area contributed by atoms with Crippen molar-refractivity contribution in [2.75, 3.05) is 6.61 Å². The maximum atomic E-state index is 13.4. The summed E-state index contributed by atoms with van der Waals surface area (Å²) in [6.07, 6.45) is -5.76. The van der Waals surface area contributed by atoms with Gasteiger partial charge in [0.15, 0.2) is 5.54 Å². The molecule has 1 aromatic rings. The third-order valence-corrected chi connectivity index (χ3v) is 3.15. The van der Waals surface area contributed by atoms with Crippen LogP contribution in [0, 0.1) is 5.82 Å². The summed E-state index contributed by atoms with van der Waals surface area (Å²) < 4.78 is 57.9. The Balaban J connectivity index is 3.11. The predicted octanol–water partition coefficient (Wildman–Crippen LogP) is 3.14. The molecule has 0 aliphatic carbocycles. The molecule has 0 aromatic heterocycles. The van der Waals surface area contributed by atoms with Crippen molar-refractivity contribution in [3.63, 3.8) is 0 Å². The number of nitrogens with one attached hydrogen (secondary N) is 1. The van der Waals surface area contributed by atoms with Gasteiger partial charge in [0.2, 0.25) is 5.91 Å². The summed E-state index contributed by atoms with van der Waals surface area (Å²) in [5.41, 5.74) is -2.88. The van der Waals surface area contributed by atoms with E-state index in [0.717, 1.165) is 31.2 Å². The number of ether oxygens (including phenoxy) is 1. The second-order valence-electron chi connectivity index (χ2n) is 4.72. The minimum absolute atomic E-state index is 0.202. The molecule has 0 heterocycles. The van der Waals surface area contributed by atoms with Crippen molar-refractivity contribution in [2.45, 2.75) is 38.6 Å². The fourth-order valence-electron chi connectivity index (χ4n) is 1.76. The predicted molar refractivity (Wildman–Crippen MR) is 69.0 cm³/mol. The molecule has 1 rings (SSSR count). The number of carbonyl (C=O) groups is 1. The summed E-state index contributed by atoms with van der Waals surface area (Å²) in [6.45, 7) is 4.03. The molecule has 0 saturated carbocycles. The van der Waals surface area contributed by atoms with Gasteiger partial charge in [-0.3, -0.25) is 4.79 Å². The molecule has 0 radical (unpaired) electrons. The highest BCUT2D eigenvalue weighted by Gasteiger charge is 2.53. The molecule has 0 saturated heterocycles. The second-order valence-corrected chi connectivity index (χ2v) is 4.72. The first-order valence-corrected chi connectivity index (χ1v) is 6.38. The topological polar surface area (TPSA) is 38.3 Å². The number of carbonyl (C=O) groups excluding carboxylic acids is 1. The lowest BCUT2D eigenvalue weighted by atomic mass is 9.91. The minimum Gasteiger partial charge on any atom is -0.369 e. The van der Waals surface area contributed by atoms with Gasteiger partial charge in [-0.1, -0.05) is 12.1 Å². The Kier molecular flexibility index (Phi) is 5.33. The van der Waals surface area contributed by atoms with Gasteiger partial charge in [-0.2, -0.15) is 13.2 Å². The minimum atomic E-state index is -4.74. The molecule has 0 spiro atoms. The van der Waals surface area contributed by atoms with Crippen LogP contribution in [0.5, 0.6) is 0 Å². The summed E-state index contributed by atoms with van der Waals surface area (Å²) in [4.78, 5) is 11.8. The number of halogens is 4. The number of benzene rings is 1. The van der Waals surface area contributed by atoms with E-state index < -0.39 is 29.5 Å². The van der Waals surface area contributed by atoms with E-state index in [1.807, 2.05) is 5.32 Å². The van der Waals surface area contributed by atoms with E-state index in [-0.39, 0.29) is 12.2 Å². The van der Waals surface area contributed by atoms with E-state index in [2.05, 4.69) is 0 Å². The van der Waals surface area contributed by atoms with Crippen molar-refractivity contribution in [3.05, 3.63) is 35.6 Å². The van der Waals surface area contributed by atoms with Crippen LogP contribution >= 0.6 is 0 Å². The number of rotatable bonds is 5. The Morgan fingerprint density at radius 3 is 2.24 bits per heavy atom. The van der Waals surface area contributed by atoms with Gasteiger partial charge in [-0.05, 0) is 38.5 Å². The zero-order valence-electron chi connectivity index (χ0n) is 11.9. The van der Waals surface area contributed by atoms with Crippen molar-refractivity contribution >= 4 is 5.91 Å². The molecule has 1 amide bonds. The standard InChI is InChI=1S/C14H17F4NO2/c1-4-21-9(2)12(20)19-13(3,14(16,17)18)10-5-7-11(15)8-6-10/h5-9H,4H2,1-3H3,(H,19,20)/t9-,13+/m1/s1. The third kappa shape index (κ3) is 3.93. The van der Waals surface area contributed by atoms with E-state index in [1.165, 1.54) is 6.92 Å². The van der Waals surface area contributed by atoms with Gasteiger partial charge in [-0.15, -0.1) is 0 Å². The lowest BCUT2D eigenvalue weighted by Crippen LogP contribution is -2.56. The molecular weight excluding hydrogens is 290 g/mol. The molecule has 3 nitrogen and oxygen atoms in total. The van der Waals surface area contributed by atoms with E-state index in [9.17, 15) is 22.4 Å². The van der Waals surface area contributed by atoms with Crippen LogP contribution in [0.25, 0.3) is 0 Å². The Hall–Kier alpha value is -1.63. The van der Waals surface area contributed by atoms with Crippen LogP contribution in [0.2, 0.25) is 0 Å². The van der Waals surface area contributed by atoms with Crippen LogP contribution in [-0.2, 0) is 15.1 Å². The SMILES string of the molecule is CCO[C@H](C)C(=O)N[C@@](C)(c1ccc(F)cc1)C(F)(F)F. The maximum absolute atomic E-state index is 13.4. The summed E-state index contributed by atoms with van der Waals surface area (Å²) in [7, 11) is 0. The molecular formula is C14H17F4NO2.